The second-order valence-corrected chi connectivity index (χ2v) is 9.76. The molecule has 1 aromatic heterocycles. The van der Waals surface area contributed by atoms with Crippen LogP contribution in [0.25, 0.3) is 10.9 Å². The van der Waals surface area contributed by atoms with Gasteiger partial charge in [-0.2, -0.15) is 5.26 Å². The molecule has 0 saturated heterocycles. The molecule has 34 heavy (non-hydrogen) atoms. The number of aldehydes is 1. The van der Waals surface area contributed by atoms with Gasteiger partial charge >= 0.3 is 0 Å². The number of thioether (sulfide) groups is 1. The number of ether oxygens (including phenoxy) is 1. The quantitative estimate of drug-likeness (QED) is 0.258. The molecule has 0 spiro atoms. The van der Waals surface area contributed by atoms with Crippen molar-refractivity contribution in [3.8, 4) is 11.8 Å². The number of hydrogen-bond donors (Lipinski definition) is 2. The normalized spacial score (nSPS) is 18.8. The van der Waals surface area contributed by atoms with E-state index in [1.807, 2.05) is 24.3 Å². The molecular weight excluding hydrogens is 472 g/mol. The van der Waals surface area contributed by atoms with Gasteiger partial charge in [0.05, 0.1) is 27.6 Å². The number of carbonyl (C=O) groups excluding carboxylic acids is 1. The number of para-hydroxylation sites is 1. The van der Waals surface area contributed by atoms with Crippen molar-refractivity contribution < 1.29 is 9.53 Å². The standard InChI is InChI=1S/C25H25ClN4O3S/c26-22-11-20(8-5-17(22)12-27)33-19-9-6-18(7-10-19)28-13-16(14-31)15-34-25-29-23-4-2-1-3-21(23)24(32)30-25/h1-5,8,11,14,16,18-19,28H,6-7,9-10,13,15H2,(H,29,30,32). The summed E-state index contributed by atoms with van der Waals surface area (Å²) in [5, 5.41) is 14.0. The number of nitrogens with one attached hydrogen (secondary N) is 2. The summed E-state index contributed by atoms with van der Waals surface area (Å²) in [7, 11) is 0. The number of nitrogens with zero attached hydrogens (tertiary/aromatic N) is 2. The molecule has 0 radical (unpaired) electrons. The minimum absolute atomic E-state index is 0.107. The van der Waals surface area contributed by atoms with Crippen LogP contribution < -0.4 is 15.6 Å². The minimum Gasteiger partial charge on any atom is -0.490 e. The van der Waals surface area contributed by atoms with Crippen LogP contribution in [-0.4, -0.2) is 40.7 Å². The van der Waals surface area contributed by atoms with Gasteiger partial charge in [-0.15, -0.1) is 0 Å². The molecule has 176 valence electrons. The van der Waals surface area contributed by atoms with Crippen molar-refractivity contribution in [1.82, 2.24) is 15.3 Å². The first-order chi connectivity index (χ1) is 16.6. The van der Waals surface area contributed by atoms with Gasteiger partial charge in [0.1, 0.15) is 18.1 Å². The summed E-state index contributed by atoms with van der Waals surface area (Å²) in [6.07, 6.45) is 4.77. The average Bonchev–Trinajstić information content (AvgIpc) is 2.85. The fourth-order valence-electron chi connectivity index (χ4n) is 4.02. The van der Waals surface area contributed by atoms with Gasteiger partial charge < -0.3 is 19.8 Å². The molecule has 0 amide bonds. The number of H-pyrrole nitrogens is 1. The van der Waals surface area contributed by atoms with E-state index in [4.69, 9.17) is 21.6 Å². The number of rotatable bonds is 9. The van der Waals surface area contributed by atoms with E-state index in [1.54, 1.807) is 24.3 Å². The molecule has 1 fully saturated rings. The number of aromatic amines is 1. The molecule has 1 heterocycles. The van der Waals surface area contributed by atoms with Crippen LogP contribution in [0.5, 0.6) is 5.75 Å². The Hall–Kier alpha value is -2.86. The van der Waals surface area contributed by atoms with Gasteiger partial charge in [0.15, 0.2) is 5.16 Å². The molecule has 0 aliphatic heterocycles. The molecule has 2 N–H and O–H groups in total. The van der Waals surface area contributed by atoms with Gasteiger partial charge in [-0.25, -0.2) is 4.98 Å². The number of carbonyl (C=O) groups is 1. The molecule has 9 heteroatoms. The number of fused-ring (bicyclic) bond motifs is 1. The lowest BCUT2D eigenvalue weighted by atomic mass is 9.92. The van der Waals surface area contributed by atoms with Crippen molar-refractivity contribution in [1.29, 1.82) is 5.26 Å². The molecule has 1 atom stereocenters. The molecule has 3 aromatic rings. The fourth-order valence-corrected chi connectivity index (χ4v) is 5.13. The molecule has 2 aromatic carbocycles. The molecule has 1 saturated carbocycles. The highest BCUT2D eigenvalue weighted by Crippen LogP contribution is 2.27. The van der Waals surface area contributed by atoms with Crippen molar-refractivity contribution >= 4 is 40.6 Å². The van der Waals surface area contributed by atoms with Crippen LogP contribution in [-0.2, 0) is 4.79 Å². The molecule has 7 nitrogen and oxygen atoms in total. The van der Waals surface area contributed by atoms with Crippen LogP contribution in [0, 0.1) is 17.2 Å². The van der Waals surface area contributed by atoms with E-state index in [1.165, 1.54) is 11.8 Å². The lowest BCUT2D eigenvalue weighted by Crippen LogP contribution is -2.39. The maximum absolute atomic E-state index is 12.2. The first kappa shape index (κ1) is 24.3. The highest BCUT2D eigenvalue weighted by atomic mass is 35.5. The smallest absolute Gasteiger partial charge is 0.259 e. The van der Waals surface area contributed by atoms with Crippen molar-refractivity contribution in [2.24, 2.45) is 5.92 Å². The van der Waals surface area contributed by atoms with E-state index in [0.717, 1.165) is 32.0 Å². The van der Waals surface area contributed by atoms with E-state index in [0.29, 0.717) is 50.7 Å². The van der Waals surface area contributed by atoms with E-state index in [2.05, 4.69) is 15.3 Å². The Kier molecular flexibility index (Phi) is 8.22. The topological polar surface area (TPSA) is 108 Å². The van der Waals surface area contributed by atoms with Crippen molar-refractivity contribution in [3.63, 3.8) is 0 Å². The SMILES string of the molecule is N#Cc1ccc(OC2CCC(NCC(C=O)CSc3nc4ccccc4c(=O)[nH]3)CC2)cc1Cl. The number of hydrogen-bond acceptors (Lipinski definition) is 7. The van der Waals surface area contributed by atoms with Gasteiger partial charge in [0.25, 0.3) is 5.56 Å². The molecule has 0 bridgehead atoms. The predicted octanol–water partition coefficient (Wildman–Crippen LogP) is 4.34. The largest absolute Gasteiger partial charge is 0.490 e. The van der Waals surface area contributed by atoms with Crippen LogP contribution in [0.1, 0.15) is 31.2 Å². The maximum atomic E-state index is 12.2. The summed E-state index contributed by atoms with van der Waals surface area (Å²) in [4.78, 5) is 31.1. The molecule has 1 aliphatic carbocycles. The summed E-state index contributed by atoms with van der Waals surface area (Å²) in [5.41, 5.74) is 0.917. The van der Waals surface area contributed by atoms with Crippen LogP contribution in [0.15, 0.2) is 52.4 Å². The Balaban J connectivity index is 1.22. The molecular formula is C25H25ClN4O3S. The van der Waals surface area contributed by atoms with Gasteiger partial charge in [0.2, 0.25) is 0 Å². The summed E-state index contributed by atoms with van der Waals surface area (Å²) in [6, 6.07) is 14.7. The zero-order valence-corrected chi connectivity index (χ0v) is 20.1. The zero-order chi connectivity index (χ0) is 23.9. The Morgan fingerprint density at radius 3 is 2.79 bits per heavy atom. The van der Waals surface area contributed by atoms with Gasteiger partial charge in [-0.1, -0.05) is 35.5 Å². The summed E-state index contributed by atoms with van der Waals surface area (Å²) < 4.78 is 6.04. The summed E-state index contributed by atoms with van der Waals surface area (Å²) in [6.45, 7) is 0.579. The first-order valence-corrected chi connectivity index (χ1v) is 12.6. The Bertz CT molecular complexity index is 1250. The van der Waals surface area contributed by atoms with Gasteiger partial charge in [0, 0.05) is 30.3 Å². The third-order valence-corrected chi connectivity index (χ3v) is 7.30. The monoisotopic (exact) mass is 496 g/mol. The third-order valence-electron chi connectivity index (χ3n) is 5.92. The van der Waals surface area contributed by atoms with E-state index < -0.39 is 0 Å². The number of halogens is 1. The third kappa shape index (κ3) is 6.17. The summed E-state index contributed by atoms with van der Waals surface area (Å²) in [5.74, 6) is 1.03. The van der Waals surface area contributed by atoms with Crippen molar-refractivity contribution in [2.75, 3.05) is 12.3 Å². The molecule has 1 unspecified atom stereocenters. The van der Waals surface area contributed by atoms with Crippen molar-refractivity contribution in [2.45, 2.75) is 43.0 Å². The van der Waals surface area contributed by atoms with Crippen LogP contribution in [0.2, 0.25) is 5.02 Å². The van der Waals surface area contributed by atoms with Crippen LogP contribution in [0.3, 0.4) is 0 Å². The van der Waals surface area contributed by atoms with Gasteiger partial charge in [-0.05, 0) is 49.9 Å². The highest BCUT2D eigenvalue weighted by Gasteiger charge is 2.23. The second kappa shape index (κ2) is 11.5. The van der Waals surface area contributed by atoms with E-state index >= 15 is 0 Å². The number of aromatic nitrogens is 2. The molecule has 1 aliphatic rings. The Morgan fingerprint density at radius 1 is 1.26 bits per heavy atom. The number of benzene rings is 2. The second-order valence-electron chi connectivity index (χ2n) is 8.35. The van der Waals surface area contributed by atoms with Crippen LogP contribution >= 0.6 is 23.4 Å². The zero-order valence-electron chi connectivity index (χ0n) is 18.5. The predicted molar refractivity (Wildman–Crippen MR) is 133 cm³/mol. The molecule has 4 rings (SSSR count). The number of nitriles is 1. The van der Waals surface area contributed by atoms with E-state index in [9.17, 15) is 9.59 Å². The lowest BCUT2D eigenvalue weighted by Gasteiger charge is -2.30. The van der Waals surface area contributed by atoms with Crippen LogP contribution in [0.4, 0.5) is 0 Å². The van der Waals surface area contributed by atoms with Gasteiger partial charge in [-0.3, -0.25) is 4.79 Å². The maximum Gasteiger partial charge on any atom is 0.259 e. The summed E-state index contributed by atoms with van der Waals surface area (Å²) >= 11 is 7.47. The Morgan fingerprint density at radius 2 is 2.06 bits per heavy atom. The first-order valence-electron chi connectivity index (χ1n) is 11.2. The fraction of sp³-hybridized carbons (Fsp3) is 0.360. The average molecular weight is 497 g/mol. The van der Waals surface area contributed by atoms with Crippen molar-refractivity contribution in [3.05, 3.63) is 63.4 Å². The lowest BCUT2D eigenvalue weighted by molar-refractivity contribution is -0.110. The van der Waals surface area contributed by atoms with E-state index in [-0.39, 0.29) is 17.6 Å². The minimum atomic E-state index is -0.184. The Labute approximate surface area is 206 Å². The highest BCUT2D eigenvalue weighted by molar-refractivity contribution is 7.99.